The number of fused-ring (bicyclic) bond motifs is 1. The van der Waals surface area contributed by atoms with Crippen molar-refractivity contribution in [1.29, 1.82) is 0 Å². The van der Waals surface area contributed by atoms with Crippen LogP contribution < -0.4 is 5.32 Å². The van der Waals surface area contributed by atoms with Gasteiger partial charge in [0.05, 0.1) is 0 Å². The third-order valence-electron chi connectivity index (χ3n) is 3.78. The molecule has 1 heterocycles. The number of nitrogens with one attached hydrogen (secondary N) is 1. The molecule has 0 spiro atoms. The summed E-state index contributed by atoms with van der Waals surface area (Å²) < 4.78 is 0. The highest BCUT2D eigenvalue weighted by Gasteiger charge is 2.18. The summed E-state index contributed by atoms with van der Waals surface area (Å²) in [6.07, 6.45) is 2.23. The number of rotatable bonds is 2. The molecule has 1 unspecified atom stereocenters. The van der Waals surface area contributed by atoms with E-state index in [2.05, 4.69) is 60.8 Å². The first-order chi connectivity index (χ1) is 8.83. The molecular formula is C17H19N. The smallest absolute Gasteiger partial charge is 0.0363 e. The summed E-state index contributed by atoms with van der Waals surface area (Å²) in [5, 5.41) is 3.64. The molecule has 1 aliphatic heterocycles. The molecule has 3 rings (SSSR count). The van der Waals surface area contributed by atoms with Gasteiger partial charge in [-0.1, -0.05) is 54.1 Å². The average Bonchev–Trinajstić information content (AvgIpc) is 2.42. The molecule has 1 N–H and O–H groups in total. The molecule has 1 aliphatic rings. The van der Waals surface area contributed by atoms with Gasteiger partial charge in [0, 0.05) is 6.04 Å². The van der Waals surface area contributed by atoms with Gasteiger partial charge in [0.15, 0.2) is 0 Å². The molecule has 0 aliphatic carbocycles. The molecule has 2 aromatic carbocycles. The molecule has 1 atom stereocenters. The Hall–Kier alpha value is -1.60. The van der Waals surface area contributed by atoms with Gasteiger partial charge in [-0.3, -0.25) is 0 Å². The molecule has 92 valence electrons. The summed E-state index contributed by atoms with van der Waals surface area (Å²) in [6, 6.07) is 18.2. The second-order valence-corrected chi connectivity index (χ2v) is 5.15. The van der Waals surface area contributed by atoms with Gasteiger partial charge in [-0.15, -0.1) is 0 Å². The van der Waals surface area contributed by atoms with Crippen LogP contribution >= 0.6 is 0 Å². The van der Waals surface area contributed by atoms with E-state index in [0.29, 0.717) is 6.04 Å². The minimum Gasteiger partial charge on any atom is -0.309 e. The predicted molar refractivity (Wildman–Crippen MR) is 75.8 cm³/mol. The Bertz CT molecular complexity index is 528. The van der Waals surface area contributed by atoms with Crippen LogP contribution in [-0.2, 0) is 12.8 Å². The highest BCUT2D eigenvalue weighted by molar-refractivity contribution is 5.34. The quantitative estimate of drug-likeness (QED) is 0.844. The lowest BCUT2D eigenvalue weighted by Gasteiger charge is -2.27. The van der Waals surface area contributed by atoms with Crippen molar-refractivity contribution in [2.24, 2.45) is 0 Å². The van der Waals surface area contributed by atoms with Gasteiger partial charge in [-0.2, -0.15) is 0 Å². The fraction of sp³-hybridized carbons (Fsp3) is 0.294. The lowest BCUT2D eigenvalue weighted by molar-refractivity contribution is 0.502. The first-order valence-corrected chi connectivity index (χ1v) is 6.69. The Morgan fingerprint density at radius 2 is 1.83 bits per heavy atom. The molecule has 1 nitrogen and oxygen atoms in total. The zero-order chi connectivity index (χ0) is 12.4. The summed E-state index contributed by atoms with van der Waals surface area (Å²) in [5.74, 6) is 0. The van der Waals surface area contributed by atoms with E-state index in [1.807, 2.05) is 0 Å². The SMILES string of the molecule is Cc1ccc(CC2NCCc3ccccc32)cc1. The van der Waals surface area contributed by atoms with Crippen molar-refractivity contribution in [3.05, 3.63) is 70.8 Å². The van der Waals surface area contributed by atoms with Crippen molar-refractivity contribution in [2.45, 2.75) is 25.8 Å². The van der Waals surface area contributed by atoms with Crippen molar-refractivity contribution in [2.75, 3.05) is 6.54 Å². The van der Waals surface area contributed by atoms with E-state index in [4.69, 9.17) is 0 Å². The molecule has 0 amide bonds. The van der Waals surface area contributed by atoms with E-state index in [1.54, 1.807) is 0 Å². The number of hydrogen-bond donors (Lipinski definition) is 1. The molecule has 2 aromatic rings. The largest absolute Gasteiger partial charge is 0.309 e. The summed E-state index contributed by atoms with van der Waals surface area (Å²) >= 11 is 0. The molecule has 18 heavy (non-hydrogen) atoms. The fourth-order valence-electron chi connectivity index (χ4n) is 2.73. The zero-order valence-corrected chi connectivity index (χ0v) is 10.8. The third kappa shape index (κ3) is 2.32. The third-order valence-corrected chi connectivity index (χ3v) is 3.78. The van der Waals surface area contributed by atoms with Crippen molar-refractivity contribution in [3.8, 4) is 0 Å². The van der Waals surface area contributed by atoms with E-state index < -0.39 is 0 Å². The number of aryl methyl sites for hydroxylation is 1. The van der Waals surface area contributed by atoms with Gasteiger partial charge >= 0.3 is 0 Å². The molecule has 0 radical (unpaired) electrons. The minimum absolute atomic E-state index is 0.470. The van der Waals surface area contributed by atoms with Crippen molar-refractivity contribution in [3.63, 3.8) is 0 Å². The van der Waals surface area contributed by atoms with E-state index in [1.165, 1.54) is 22.3 Å². The van der Waals surface area contributed by atoms with Crippen LogP contribution in [0.5, 0.6) is 0 Å². The van der Waals surface area contributed by atoms with Crippen molar-refractivity contribution in [1.82, 2.24) is 5.32 Å². The van der Waals surface area contributed by atoms with E-state index in [0.717, 1.165) is 19.4 Å². The molecule has 1 heteroatoms. The van der Waals surface area contributed by atoms with E-state index in [-0.39, 0.29) is 0 Å². The van der Waals surface area contributed by atoms with Crippen LogP contribution in [0.4, 0.5) is 0 Å². The van der Waals surface area contributed by atoms with Crippen LogP contribution in [0.1, 0.15) is 28.3 Å². The lowest BCUT2D eigenvalue weighted by Crippen LogP contribution is -2.31. The second kappa shape index (κ2) is 4.95. The average molecular weight is 237 g/mol. The summed E-state index contributed by atoms with van der Waals surface area (Å²) in [4.78, 5) is 0. The maximum Gasteiger partial charge on any atom is 0.0363 e. The van der Waals surface area contributed by atoms with Crippen molar-refractivity contribution >= 4 is 0 Å². The molecule has 0 aromatic heterocycles. The highest BCUT2D eigenvalue weighted by Crippen LogP contribution is 2.25. The van der Waals surface area contributed by atoms with Crippen LogP contribution in [-0.4, -0.2) is 6.54 Å². The number of benzene rings is 2. The summed E-state index contributed by atoms with van der Waals surface area (Å²) in [5.41, 5.74) is 5.73. The highest BCUT2D eigenvalue weighted by atomic mass is 14.9. The molecular weight excluding hydrogens is 218 g/mol. The van der Waals surface area contributed by atoms with E-state index in [9.17, 15) is 0 Å². The van der Waals surface area contributed by atoms with Crippen LogP contribution in [0.15, 0.2) is 48.5 Å². The topological polar surface area (TPSA) is 12.0 Å². The second-order valence-electron chi connectivity index (χ2n) is 5.15. The van der Waals surface area contributed by atoms with Gasteiger partial charge in [0.2, 0.25) is 0 Å². The maximum absolute atomic E-state index is 3.64. The molecule has 0 bridgehead atoms. The lowest BCUT2D eigenvalue weighted by atomic mass is 9.90. The Morgan fingerprint density at radius 1 is 1.06 bits per heavy atom. The van der Waals surface area contributed by atoms with Gasteiger partial charge in [0.25, 0.3) is 0 Å². The summed E-state index contributed by atoms with van der Waals surface area (Å²) in [6.45, 7) is 3.23. The van der Waals surface area contributed by atoms with E-state index >= 15 is 0 Å². The minimum atomic E-state index is 0.470. The maximum atomic E-state index is 3.64. The van der Waals surface area contributed by atoms with Gasteiger partial charge in [0.1, 0.15) is 0 Å². The first kappa shape index (κ1) is 11.5. The van der Waals surface area contributed by atoms with Crippen LogP contribution in [0.3, 0.4) is 0 Å². The van der Waals surface area contributed by atoms with Crippen LogP contribution in [0, 0.1) is 6.92 Å². The normalized spacial score (nSPS) is 18.4. The zero-order valence-electron chi connectivity index (χ0n) is 10.8. The van der Waals surface area contributed by atoms with Gasteiger partial charge < -0.3 is 5.32 Å². The standard InChI is InChI=1S/C17H19N/c1-13-6-8-14(9-7-13)12-17-16-5-3-2-4-15(16)10-11-18-17/h2-9,17-18H,10-12H2,1H3. The van der Waals surface area contributed by atoms with Crippen LogP contribution in [0.25, 0.3) is 0 Å². The van der Waals surface area contributed by atoms with Gasteiger partial charge in [-0.25, -0.2) is 0 Å². The summed E-state index contributed by atoms with van der Waals surface area (Å²) in [7, 11) is 0. The van der Waals surface area contributed by atoms with Crippen molar-refractivity contribution < 1.29 is 0 Å². The monoisotopic (exact) mass is 237 g/mol. The van der Waals surface area contributed by atoms with Crippen LogP contribution in [0.2, 0.25) is 0 Å². The predicted octanol–water partition coefficient (Wildman–Crippen LogP) is 3.42. The Balaban J connectivity index is 1.84. The number of hydrogen-bond acceptors (Lipinski definition) is 1. The molecule has 0 fully saturated rings. The first-order valence-electron chi connectivity index (χ1n) is 6.69. The Labute approximate surface area is 109 Å². The Morgan fingerprint density at radius 3 is 2.67 bits per heavy atom. The Kier molecular flexibility index (Phi) is 3.16. The molecule has 0 saturated heterocycles. The molecule has 0 saturated carbocycles. The van der Waals surface area contributed by atoms with Gasteiger partial charge in [-0.05, 0) is 43.0 Å². The fourth-order valence-corrected chi connectivity index (χ4v) is 2.73.